The molecule has 1 N–H and O–H groups in total. The SMILES string of the molecule is O=C(I)CNC(=O)c1cccc2ccccc12. The van der Waals surface area contributed by atoms with Crippen LogP contribution < -0.4 is 5.32 Å². The van der Waals surface area contributed by atoms with E-state index in [-0.39, 0.29) is 16.2 Å². The molecule has 4 heteroatoms. The first-order chi connectivity index (χ1) is 8.18. The van der Waals surface area contributed by atoms with E-state index in [1.807, 2.05) is 36.4 Å². The predicted octanol–water partition coefficient (Wildman–Crippen LogP) is 2.53. The lowest BCUT2D eigenvalue weighted by atomic mass is 10.0. The van der Waals surface area contributed by atoms with Gasteiger partial charge in [0, 0.05) is 28.2 Å². The molecular weight excluding hydrogens is 329 g/mol. The fraction of sp³-hybridized carbons (Fsp3) is 0.0769. The van der Waals surface area contributed by atoms with Crippen molar-refractivity contribution < 1.29 is 9.59 Å². The van der Waals surface area contributed by atoms with Gasteiger partial charge in [-0.1, -0.05) is 36.4 Å². The van der Waals surface area contributed by atoms with Crippen LogP contribution in [0.5, 0.6) is 0 Å². The van der Waals surface area contributed by atoms with E-state index >= 15 is 0 Å². The molecule has 0 aliphatic carbocycles. The van der Waals surface area contributed by atoms with Gasteiger partial charge in [-0.3, -0.25) is 9.59 Å². The van der Waals surface area contributed by atoms with Gasteiger partial charge < -0.3 is 5.32 Å². The maximum atomic E-state index is 11.9. The Labute approximate surface area is 112 Å². The summed E-state index contributed by atoms with van der Waals surface area (Å²) in [5.74, 6) is -0.216. The average Bonchev–Trinajstić information content (AvgIpc) is 2.35. The van der Waals surface area contributed by atoms with Crippen LogP contribution in [0.4, 0.5) is 0 Å². The fourth-order valence-corrected chi connectivity index (χ4v) is 1.86. The number of amides is 1. The van der Waals surface area contributed by atoms with Crippen LogP contribution >= 0.6 is 22.6 Å². The van der Waals surface area contributed by atoms with E-state index in [1.165, 1.54) is 0 Å². The molecule has 0 spiro atoms. The van der Waals surface area contributed by atoms with Crippen molar-refractivity contribution in [3.63, 3.8) is 0 Å². The molecule has 0 heterocycles. The Hall–Kier alpha value is -1.43. The number of halogens is 1. The van der Waals surface area contributed by atoms with Crippen LogP contribution in [0.25, 0.3) is 10.8 Å². The molecule has 2 aromatic rings. The molecule has 17 heavy (non-hydrogen) atoms. The Morgan fingerprint density at radius 2 is 1.76 bits per heavy atom. The van der Waals surface area contributed by atoms with E-state index in [0.717, 1.165) is 10.8 Å². The minimum absolute atomic E-state index is 0.0581. The average molecular weight is 339 g/mol. The first kappa shape index (κ1) is 12.0. The summed E-state index contributed by atoms with van der Waals surface area (Å²) in [5.41, 5.74) is 0.598. The van der Waals surface area contributed by atoms with Crippen molar-refractivity contribution in [1.82, 2.24) is 5.32 Å². The maximum absolute atomic E-state index is 11.9. The smallest absolute Gasteiger partial charge is 0.252 e. The second-order valence-electron chi connectivity index (χ2n) is 3.56. The maximum Gasteiger partial charge on any atom is 0.252 e. The summed E-state index contributed by atoms with van der Waals surface area (Å²) in [4.78, 5) is 22.7. The molecule has 0 atom stereocenters. The highest BCUT2D eigenvalue weighted by atomic mass is 127. The van der Waals surface area contributed by atoms with Gasteiger partial charge in [0.2, 0.25) is 3.79 Å². The minimum atomic E-state index is -0.216. The highest BCUT2D eigenvalue weighted by Gasteiger charge is 2.09. The molecule has 2 aromatic carbocycles. The summed E-state index contributed by atoms with van der Waals surface area (Å²) in [6.07, 6.45) is 0. The Morgan fingerprint density at radius 1 is 1.06 bits per heavy atom. The van der Waals surface area contributed by atoms with Crippen molar-refractivity contribution in [2.75, 3.05) is 6.54 Å². The van der Waals surface area contributed by atoms with E-state index in [9.17, 15) is 9.59 Å². The highest BCUT2D eigenvalue weighted by molar-refractivity contribution is 14.1. The van der Waals surface area contributed by atoms with Gasteiger partial charge in [-0.2, -0.15) is 0 Å². The molecule has 3 nitrogen and oxygen atoms in total. The molecule has 0 aliphatic rings. The lowest BCUT2D eigenvalue weighted by molar-refractivity contribution is -0.108. The second kappa shape index (κ2) is 5.27. The van der Waals surface area contributed by atoms with Crippen molar-refractivity contribution in [1.29, 1.82) is 0 Å². The molecule has 0 aromatic heterocycles. The highest BCUT2D eigenvalue weighted by Crippen LogP contribution is 2.18. The molecule has 0 fully saturated rings. The van der Waals surface area contributed by atoms with E-state index in [0.29, 0.717) is 5.56 Å². The molecular formula is C13H10INO2. The third kappa shape index (κ3) is 2.82. The predicted molar refractivity (Wildman–Crippen MR) is 75.3 cm³/mol. The number of hydrogen-bond acceptors (Lipinski definition) is 2. The first-order valence-electron chi connectivity index (χ1n) is 5.13. The van der Waals surface area contributed by atoms with Crippen LogP contribution in [0.15, 0.2) is 42.5 Å². The zero-order valence-corrected chi connectivity index (χ0v) is 11.1. The number of rotatable bonds is 3. The van der Waals surface area contributed by atoms with Crippen LogP contribution in [0.2, 0.25) is 0 Å². The summed E-state index contributed by atoms with van der Waals surface area (Å²) in [6, 6.07) is 13.2. The van der Waals surface area contributed by atoms with E-state index in [4.69, 9.17) is 0 Å². The van der Waals surface area contributed by atoms with Gasteiger partial charge in [-0.15, -0.1) is 0 Å². The summed E-state index contributed by atoms with van der Waals surface area (Å²) < 4.78 is -0.0869. The van der Waals surface area contributed by atoms with Crippen LogP contribution in [0.3, 0.4) is 0 Å². The molecule has 2 rings (SSSR count). The molecule has 0 unspecified atom stereocenters. The van der Waals surface area contributed by atoms with Crippen LogP contribution in [-0.2, 0) is 4.79 Å². The van der Waals surface area contributed by atoms with Gasteiger partial charge in [-0.05, 0) is 16.8 Å². The summed E-state index contributed by atoms with van der Waals surface area (Å²) in [6.45, 7) is 0.0581. The standard InChI is InChI=1S/C13H10INO2/c14-12(16)8-15-13(17)11-7-3-5-9-4-1-2-6-10(9)11/h1-7H,8H2,(H,15,17). The van der Waals surface area contributed by atoms with Gasteiger partial charge in [0.15, 0.2) is 0 Å². The molecule has 0 saturated carbocycles. The van der Waals surface area contributed by atoms with Gasteiger partial charge in [0.25, 0.3) is 5.91 Å². The second-order valence-corrected chi connectivity index (χ2v) is 4.77. The monoisotopic (exact) mass is 339 g/mol. The Morgan fingerprint density at radius 3 is 2.53 bits per heavy atom. The number of carbonyl (C=O) groups is 2. The Bertz CT molecular complexity index is 575. The van der Waals surface area contributed by atoms with Crippen molar-refractivity contribution >= 4 is 43.1 Å². The number of carbonyl (C=O) groups excluding carboxylic acids is 2. The van der Waals surface area contributed by atoms with Crippen LogP contribution in [0.1, 0.15) is 10.4 Å². The fourth-order valence-electron chi connectivity index (χ4n) is 1.67. The zero-order valence-electron chi connectivity index (χ0n) is 8.94. The first-order valence-corrected chi connectivity index (χ1v) is 6.20. The lowest BCUT2D eigenvalue weighted by Crippen LogP contribution is -2.27. The van der Waals surface area contributed by atoms with E-state index in [1.54, 1.807) is 28.7 Å². The quantitative estimate of drug-likeness (QED) is 0.690. The molecule has 0 radical (unpaired) electrons. The van der Waals surface area contributed by atoms with Crippen LogP contribution in [-0.4, -0.2) is 16.2 Å². The van der Waals surface area contributed by atoms with Crippen LogP contribution in [0, 0.1) is 0 Å². The molecule has 1 amide bonds. The lowest BCUT2D eigenvalue weighted by Gasteiger charge is -2.06. The Kier molecular flexibility index (Phi) is 3.73. The summed E-state index contributed by atoms with van der Waals surface area (Å²) in [7, 11) is 0. The molecule has 0 aliphatic heterocycles. The van der Waals surface area contributed by atoms with Gasteiger partial charge in [0.1, 0.15) is 0 Å². The molecule has 0 saturated heterocycles. The summed E-state index contributed by atoms with van der Waals surface area (Å²) in [5, 5.41) is 4.51. The summed E-state index contributed by atoms with van der Waals surface area (Å²) >= 11 is 1.66. The number of benzene rings is 2. The molecule has 86 valence electrons. The third-order valence-corrected chi connectivity index (χ3v) is 2.80. The van der Waals surface area contributed by atoms with Gasteiger partial charge >= 0.3 is 0 Å². The van der Waals surface area contributed by atoms with Crippen molar-refractivity contribution in [3.8, 4) is 0 Å². The zero-order chi connectivity index (χ0) is 12.3. The topological polar surface area (TPSA) is 46.2 Å². The van der Waals surface area contributed by atoms with Crippen molar-refractivity contribution in [3.05, 3.63) is 48.0 Å². The number of nitrogens with one attached hydrogen (secondary N) is 1. The Balaban J connectivity index is 2.35. The molecule has 0 bridgehead atoms. The van der Waals surface area contributed by atoms with Crippen molar-refractivity contribution in [2.45, 2.75) is 0 Å². The largest absolute Gasteiger partial charge is 0.344 e. The van der Waals surface area contributed by atoms with Gasteiger partial charge in [-0.25, -0.2) is 0 Å². The van der Waals surface area contributed by atoms with E-state index in [2.05, 4.69) is 5.32 Å². The van der Waals surface area contributed by atoms with Crippen molar-refractivity contribution in [2.24, 2.45) is 0 Å². The number of fused-ring (bicyclic) bond motifs is 1. The van der Waals surface area contributed by atoms with E-state index < -0.39 is 0 Å². The minimum Gasteiger partial charge on any atom is -0.344 e. The normalized spacial score (nSPS) is 10.2. The third-order valence-electron chi connectivity index (χ3n) is 2.42. The van der Waals surface area contributed by atoms with Gasteiger partial charge in [0.05, 0.1) is 6.54 Å². The number of hydrogen-bond donors (Lipinski definition) is 1.